The van der Waals surface area contributed by atoms with Gasteiger partial charge in [-0.3, -0.25) is 15.0 Å². The van der Waals surface area contributed by atoms with Gasteiger partial charge in [0, 0.05) is 55.2 Å². The number of carbonyl (C=O) groups is 2. The fourth-order valence-electron chi connectivity index (χ4n) is 4.06. The number of nitrogens with one attached hydrogen (secondary N) is 1. The number of nitrogens with zero attached hydrogens (tertiary/aromatic N) is 3. The van der Waals surface area contributed by atoms with Gasteiger partial charge in [0.1, 0.15) is 6.61 Å². The van der Waals surface area contributed by atoms with E-state index in [1.807, 2.05) is 42.1 Å². The van der Waals surface area contributed by atoms with Crippen molar-refractivity contribution in [1.29, 1.82) is 0 Å². The SMILES string of the molecule is COc1ccc(C2=NN(Cc3ccc(NC(=O)OCCN4CCSCC4)cc3)C(=O)CC2)cc1OC. The number of ether oxygens (including phenoxy) is 3. The minimum atomic E-state index is -0.468. The van der Waals surface area contributed by atoms with Crippen LogP contribution in [-0.4, -0.2) is 79.6 Å². The van der Waals surface area contributed by atoms with E-state index in [-0.39, 0.29) is 5.91 Å². The van der Waals surface area contributed by atoms with Crippen molar-refractivity contribution in [2.24, 2.45) is 5.10 Å². The number of hydrogen-bond acceptors (Lipinski definition) is 8. The van der Waals surface area contributed by atoms with Gasteiger partial charge in [0.05, 0.1) is 26.5 Å². The van der Waals surface area contributed by atoms with Crippen LogP contribution in [0, 0.1) is 0 Å². The van der Waals surface area contributed by atoms with Crippen molar-refractivity contribution in [3.8, 4) is 11.5 Å². The average molecular weight is 513 g/mol. The molecule has 0 radical (unpaired) electrons. The van der Waals surface area contributed by atoms with Crippen LogP contribution >= 0.6 is 11.8 Å². The molecule has 36 heavy (non-hydrogen) atoms. The van der Waals surface area contributed by atoms with Gasteiger partial charge >= 0.3 is 6.09 Å². The molecule has 2 aromatic rings. The quantitative estimate of drug-likeness (QED) is 0.546. The second-order valence-electron chi connectivity index (χ2n) is 8.48. The molecule has 192 valence electrons. The van der Waals surface area contributed by atoms with Gasteiger partial charge in [-0.25, -0.2) is 9.80 Å². The highest BCUT2D eigenvalue weighted by atomic mass is 32.2. The molecule has 2 amide bonds. The van der Waals surface area contributed by atoms with Crippen LogP contribution in [-0.2, 0) is 16.1 Å². The van der Waals surface area contributed by atoms with E-state index in [9.17, 15) is 9.59 Å². The molecule has 1 saturated heterocycles. The predicted octanol–water partition coefficient (Wildman–Crippen LogP) is 3.83. The number of rotatable bonds is 9. The molecule has 1 N–H and O–H groups in total. The second-order valence-corrected chi connectivity index (χ2v) is 9.70. The van der Waals surface area contributed by atoms with Crippen LogP contribution in [0.3, 0.4) is 0 Å². The van der Waals surface area contributed by atoms with Crippen molar-refractivity contribution in [2.75, 3.05) is 57.3 Å². The van der Waals surface area contributed by atoms with Gasteiger partial charge in [0.25, 0.3) is 0 Å². The maximum atomic E-state index is 12.5. The Kier molecular flexibility index (Phi) is 9.07. The van der Waals surface area contributed by atoms with E-state index in [1.165, 1.54) is 5.01 Å². The predicted molar refractivity (Wildman–Crippen MR) is 141 cm³/mol. The molecule has 0 aromatic heterocycles. The van der Waals surface area contributed by atoms with Crippen LogP contribution in [0.25, 0.3) is 0 Å². The number of hydrazone groups is 1. The lowest BCUT2D eigenvalue weighted by Gasteiger charge is -2.25. The number of methoxy groups -OCH3 is 2. The monoisotopic (exact) mass is 512 g/mol. The fourth-order valence-corrected chi connectivity index (χ4v) is 5.04. The van der Waals surface area contributed by atoms with Crippen LogP contribution in [0.5, 0.6) is 11.5 Å². The highest BCUT2D eigenvalue weighted by Crippen LogP contribution is 2.29. The van der Waals surface area contributed by atoms with E-state index in [2.05, 4.69) is 15.3 Å². The van der Waals surface area contributed by atoms with Crippen LogP contribution in [0.1, 0.15) is 24.0 Å². The zero-order chi connectivity index (χ0) is 25.3. The molecule has 9 nitrogen and oxygen atoms in total. The van der Waals surface area contributed by atoms with Crippen molar-refractivity contribution < 1.29 is 23.8 Å². The number of thioether (sulfide) groups is 1. The summed E-state index contributed by atoms with van der Waals surface area (Å²) < 4.78 is 16.0. The first kappa shape index (κ1) is 25.8. The molecule has 10 heteroatoms. The summed E-state index contributed by atoms with van der Waals surface area (Å²) >= 11 is 1.95. The zero-order valence-electron chi connectivity index (χ0n) is 20.7. The fraction of sp³-hybridized carbons (Fsp3) is 0.423. The summed E-state index contributed by atoms with van der Waals surface area (Å²) in [4.78, 5) is 26.9. The molecule has 2 heterocycles. The lowest BCUT2D eigenvalue weighted by Crippen LogP contribution is -2.35. The summed E-state index contributed by atoms with van der Waals surface area (Å²) in [5, 5.41) is 8.86. The molecular weight excluding hydrogens is 480 g/mol. The Balaban J connectivity index is 1.32. The minimum Gasteiger partial charge on any atom is -0.493 e. The summed E-state index contributed by atoms with van der Waals surface area (Å²) in [5.41, 5.74) is 3.25. The van der Waals surface area contributed by atoms with Crippen LogP contribution in [0.15, 0.2) is 47.6 Å². The standard InChI is InChI=1S/C26H32N4O5S/c1-33-23-9-5-20(17-24(23)34-2)22-8-10-25(31)30(28-22)18-19-3-6-21(7-4-19)27-26(32)35-14-11-29-12-15-36-16-13-29/h3-7,9,17H,8,10-16,18H2,1-2H3,(H,27,32). The van der Waals surface area contributed by atoms with Crippen molar-refractivity contribution in [3.63, 3.8) is 0 Å². The second kappa shape index (κ2) is 12.6. The highest BCUT2D eigenvalue weighted by Gasteiger charge is 2.22. The Morgan fingerprint density at radius 2 is 1.78 bits per heavy atom. The number of benzene rings is 2. The Bertz CT molecular complexity index is 1090. The van der Waals surface area contributed by atoms with Gasteiger partial charge in [0.15, 0.2) is 11.5 Å². The van der Waals surface area contributed by atoms with Crippen molar-refractivity contribution >= 4 is 35.2 Å². The van der Waals surface area contributed by atoms with Crippen LogP contribution < -0.4 is 14.8 Å². The third kappa shape index (κ3) is 6.92. The first-order chi connectivity index (χ1) is 17.6. The van der Waals surface area contributed by atoms with Crippen LogP contribution in [0.2, 0.25) is 0 Å². The first-order valence-electron chi connectivity index (χ1n) is 12.0. The van der Waals surface area contributed by atoms with Crippen molar-refractivity contribution in [1.82, 2.24) is 9.91 Å². The van der Waals surface area contributed by atoms with E-state index in [1.54, 1.807) is 26.4 Å². The molecule has 4 rings (SSSR count). The normalized spacial score (nSPS) is 16.3. The van der Waals surface area contributed by atoms with Crippen molar-refractivity contribution in [3.05, 3.63) is 53.6 Å². The van der Waals surface area contributed by atoms with Gasteiger partial charge in [-0.1, -0.05) is 12.1 Å². The summed E-state index contributed by atoms with van der Waals surface area (Å²) in [6.45, 7) is 3.54. The summed E-state index contributed by atoms with van der Waals surface area (Å²) in [6.07, 6.45) is 0.478. The maximum Gasteiger partial charge on any atom is 0.411 e. The zero-order valence-corrected chi connectivity index (χ0v) is 21.5. The van der Waals surface area contributed by atoms with E-state index in [4.69, 9.17) is 14.2 Å². The molecule has 2 aromatic carbocycles. The van der Waals surface area contributed by atoms with E-state index < -0.39 is 6.09 Å². The Hall–Kier alpha value is -3.24. The van der Waals surface area contributed by atoms with Gasteiger partial charge in [-0.15, -0.1) is 0 Å². The Morgan fingerprint density at radius 3 is 2.50 bits per heavy atom. The number of anilines is 1. The van der Waals surface area contributed by atoms with Crippen LogP contribution in [0.4, 0.5) is 10.5 Å². The van der Waals surface area contributed by atoms with Crippen molar-refractivity contribution in [2.45, 2.75) is 19.4 Å². The van der Waals surface area contributed by atoms with Gasteiger partial charge in [-0.05, 0) is 35.9 Å². The molecule has 0 saturated carbocycles. The molecule has 0 unspecified atom stereocenters. The maximum absolute atomic E-state index is 12.5. The highest BCUT2D eigenvalue weighted by molar-refractivity contribution is 7.99. The van der Waals surface area contributed by atoms with Gasteiger partial charge < -0.3 is 14.2 Å². The largest absolute Gasteiger partial charge is 0.493 e. The molecule has 2 aliphatic rings. The Morgan fingerprint density at radius 1 is 1.03 bits per heavy atom. The molecule has 0 bridgehead atoms. The third-order valence-electron chi connectivity index (χ3n) is 6.10. The van der Waals surface area contributed by atoms with E-state index in [0.717, 1.165) is 48.0 Å². The van der Waals surface area contributed by atoms with E-state index in [0.29, 0.717) is 43.2 Å². The first-order valence-corrected chi connectivity index (χ1v) is 13.1. The smallest absolute Gasteiger partial charge is 0.411 e. The number of amides is 2. The number of hydrogen-bond donors (Lipinski definition) is 1. The topological polar surface area (TPSA) is 92.7 Å². The van der Waals surface area contributed by atoms with Gasteiger partial charge in [0.2, 0.25) is 5.91 Å². The molecular formula is C26H32N4O5S. The molecule has 0 aliphatic carbocycles. The minimum absolute atomic E-state index is 0.0303. The third-order valence-corrected chi connectivity index (χ3v) is 7.04. The van der Waals surface area contributed by atoms with Gasteiger partial charge in [-0.2, -0.15) is 16.9 Å². The number of carbonyl (C=O) groups excluding carboxylic acids is 2. The summed E-state index contributed by atoms with van der Waals surface area (Å²) in [6, 6.07) is 13.0. The average Bonchev–Trinajstić information content (AvgIpc) is 2.91. The summed E-state index contributed by atoms with van der Waals surface area (Å²) in [5.74, 6) is 3.49. The Labute approximate surface area is 215 Å². The lowest BCUT2D eigenvalue weighted by molar-refractivity contribution is -0.132. The molecule has 1 fully saturated rings. The van der Waals surface area contributed by atoms with E-state index >= 15 is 0 Å². The molecule has 2 aliphatic heterocycles. The lowest BCUT2D eigenvalue weighted by atomic mass is 10.0. The summed E-state index contributed by atoms with van der Waals surface area (Å²) in [7, 11) is 3.18. The molecule has 0 atom stereocenters. The molecule has 0 spiro atoms.